The van der Waals surface area contributed by atoms with Gasteiger partial charge in [-0.3, -0.25) is 4.57 Å². The quantitative estimate of drug-likeness (QED) is 0.832. The molecule has 6 nitrogen and oxygen atoms in total. The van der Waals surface area contributed by atoms with Crippen LogP contribution in [0.2, 0.25) is 5.02 Å². The summed E-state index contributed by atoms with van der Waals surface area (Å²) in [7, 11) is -4.19. The second-order valence-corrected chi connectivity index (χ2v) is 5.43. The van der Waals surface area contributed by atoms with Gasteiger partial charge in [-0.1, -0.05) is 22.8 Å². The summed E-state index contributed by atoms with van der Waals surface area (Å²) in [6.07, 6.45) is -0.545. The highest BCUT2D eigenvalue weighted by Gasteiger charge is 2.19. The summed E-state index contributed by atoms with van der Waals surface area (Å²) in [5, 5.41) is 4.00. The molecule has 1 aromatic heterocycles. The van der Waals surface area contributed by atoms with Crippen molar-refractivity contribution in [3.63, 3.8) is 0 Å². The molecule has 0 bridgehead atoms. The molecule has 0 atom stereocenters. The predicted molar refractivity (Wildman–Crippen MR) is 60.5 cm³/mol. The van der Waals surface area contributed by atoms with Gasteiger partial charge in [0.1, 0.15) is 6.16 Å². The van der Waals surface area contributed by atoms with Crippen LogP contribution >= 0.6 is 19.2 Å². The molecule has 0 unspecified atom stereocenters. The molecule has 0 radical (unpaired) electrons. The summed E-state index contributed by atoms with van der Waals surface area (Å²) in [6, 6.07) is 6.74. The second-order valence-electron chi connectivity index (χ2n) is 3.35. The molecular formula is C9H8ClN2O4P. The van der Waals surface area contributed by atoms with Gasteiger partial charge in [0.25, 0.3) is 5.89 Å². The number of rotatable bonds is 3. The third-order valence-corrected chi connectivity index (χ3v) is 2.82. The van der Waals surface area contributed by atoms with Crippen LogP contribution in [0.1, 0.15) is 5.82 Å². The van der Waals surface area contributed by atoms with E-state index in [0.717, 1.165) is 0 Å². The molecule has 2 N–H and O–H groups in total. The maximum Gasteiger partial charge on any atom is 0.333 e. The van der Waals surface area contributed by atoms with Crippen molar-refractivity contribution in [1.29, 1.82) is 0 Å². The van der Waals surface area contributed by atoms with Gasteiger partial charge < -0.3 is 14.3 Å². The van der Waals surface area contributed by atoms with E-state index in [2.05, 4.69) is 10.1 Å². The normalized spacial score (nSPS) is 11.7. The lowest BCUT2D eigenvalue weighted by Crippen LogP contribution is -1.89. The Morgan fingerprint density at radius 3 is 2.82 bits per heavy atom. The third kappa shape index (κ3) is 3.38. The van der Waals surface area contributed by atoms with Gasteiger partial charge in [0, 0.05) is 10.6 Å². The second kappa shape index (κ2) is 4.58. The van der Waals surface area contributed by atoms with E-state index >= 15 is 0 Å². The van der Waals surface area contributed by atoms with Crippen LogP contribution in [0.3, 0.4) is 0 Å². The number of halogens is 1. The van der Waals surface area contributed by atoms with E-state index in [-0.39, 0.29) is 11.7 Å². The first-order valence-corrected chi connectivity index (χ1v) is 6.75. The van der Waals surface area contributed by atoms with Gasteiger partial charge in [-0.25, -0.2) is 0 Å². The minimum Gasteiger partial charge on any atom is -0.334 e. The maximum absolute atomic E-state index is 10.8. The van der Waals surface area contributed by atoms with E-state index in [4.69, 9.17) is 25.9 Å². The monoisotopic (exact) mass is 274 g/mol. The Hall–Kier alpha value is -1.20. The fourth-order valence-corrected chi connectivity index (χ4v) is 1.93. The van der Waals surface area contributed by atoms with Crippen molar-refractivity contribution < 1.29 is 18.9 Å². The first-order chi connectivity index (χ1) is 7.94. The highest BCUT2D eigenvalue weighted by atomic mass is 35.5. The zero-order valence-corrected chi connectivity index (χ0v) is 10.1. The van der Waals surface area contributed by atoms with Crippen LogP contribution in [0.5, 0.6) is 0 Å². The summed E-state index contributed by atoms with van der Waals surface area (Å²) >= 11 is 5.79. The van der Waals surface area contributed by atoms with Gasteiger partial charge in [-0.05, 0) is 18.2 Å². The van der Waals surface area contributed by atoms with Crippen LogP contribution < -0.4 is 0 Å². The van der Waals surface area contributed by atoms with Crippen LogP contribution in [-0.2, 0) is 10.7 Å². The van der Waals surface area contributed by atoms with Gasteiger partial charge >= 0.3 is 7.60 Å². The topological polar surface area (TPSA) is 96.5 Å². The standard InChI is InChI=1S/C9H8ClN2O4P/c10-7-3-1-2-6(4-7)9-11-8(12-16-9)5-17(13,14)15/h1-4H,5H2,(H2,13,14,15). The van der Waals surface area contributed by atoms with Gasteiger partial charge in [0.05, 0.1) is 0 Å². The molecule has 1 heterocycles. The van der Waals surface area contributed by atoms with E-state index in [1.807, 2.05) is 0 Å². The van der Waals surface area contributed by atoms with Crippen LogP contribution in [0.25, 0.3) is 11.5 Å². The molecule has 1 aromatic carbocycles. The van der Waals surface area contributed by atoms with Gasteiger partial charge in [0.2, 0.25) is 0 Å². The van der Waals surface area contributed by atoms with Crippen molar-refractivity contribution in [2.45, 2.75) is 6.16 Å². The zero-order chi connectivity index (χ0) is 12.5. The molecule has 8 heteroatoms. The van der Waals surface area contributed by atoms with Gasteiger partial charge in [0.15, 0.2) is 5.82 Å². The summed E-state index contributed by atoms with van der Waals surface area (Å²) < 4.78 is 15.6. The lowest BCUT2D eigenvalue weighted by Gasteiger charge is -1.96. The molecule has 0 fully saturated rings. The first-order valence-electron chi connectivity index (χ1n) is 4.57. The van der Waals surface area contributed by atoms with Crippen molar-refractivity contribution in [1.82, 2.24) is 10.1 Å². The Kier molecular flexibility index (Phi) is 3.31. The fraction of sp³-hybridized carbons (Fsp3) is 0.111. The average Bonchev–Trinajstić information content (AvgIpc) is 2.63. The highest BCUT2D eigenvalue weighted by molar-refractivity contribution is 7.50. The Labute approximate surface area is 101 Å². The van der Waals surface area contributed by atoms with E-state index in [9.17, 15) is 4.57 Å². The third-order valence-electron chi connectivity index (χ3n) is 1.89. The smallest absolute Gasteiger partial charge is 0.333 e. The lowest BCUT2D eigenvalue weighted by molar-refractivity contribution is 0.367. The van der Waals surface area contributed by atoms with Crippen LogP contribution in [0.4, 0.5) is 0 Å². The summed E-state index contributed by atoms with van der Waals surface area (Å²) in [5.74, 6) is 0.143. The Balaban J connectivity index is 2.27. The van der Waals surface area contributed by atoms with Crippen molar-refractivity contribution >= 4 is 19.2 Å². The van der Waals surface area contributed by atoms with E-state index in [1.54, 1.807) is 24.3 Å². The van der Waals surface area contributed by atoms with Crippen LogP contribution in [0, 0.1) is 0 Å². The summed E-state index contributed by atoms with van der Waals surface area (Å²) in [4.78, 5) is 21.4. The Morgan fingerprint density at radius 2 is 2.18 bits per heavy atom. The lowest BCUT2D eigenvalue weighted by atomic mass is 10.2. The number of benzene rings is 1. The minimum absolute atomic E-state index is 0.0340. The van der Waals surface area contributed by atoms with Crippen molar-refractivity contribution in [2.75, 3.05) is 0 Å². The first kappa shape index (κ1) is 12.3. The molecule has 0 spiro atoms. The van der Waals surface area contributed by atoms with Crippen molar-refractivity contribution in [3.8, 4) is 11.5 Å². The molecule has 2 rings (SSSR count). The molecule has 0 aliphatic rings. The largest absolute Gasteiger partial charge is 0.334 e. The Bertz CT molecular complexity index is 580. The summed E-state index contributed by atoms with van der Waals surface area (Å²) in [6.45, 7) is 0. The zero-order valence-electron chi connectivity index (χ0n) is 8.45. The van der Waals surface area contributed by atoms with Gasteiger partial charge in [-0.15, -0.1) is 0 Å². The van der Waals surface area contributed by atoms with Crippen molar-refractivity contribution in [3.05, 3.63) is 35.1 Å². The van der Waals surface area contributed by atoms with E-state index in [0.29, 0.717) is 10.6 Å². The van der Waals surface area contributed by atoms with Crippen molar-refractivity contribution in [2.24, 2.45) is 0 Å². The van der Waals surface area contributed by atoms with E-state index in [1.165, 1.54) is 0 Å². The fourth-order valence-electron chi connectivity index (χ4n) is 1.24. The molecule has 0 aliphatic heterocycles. The van der Waals surface area contributed by atoms with Crippen LogP contribution in [-0.4, -0.2) is 19.9 Å². The van der Waals surface area contributed by atoms with E-state index < -0.39 is 13.8 Å². The molecule has 0 amide bonds. The number of aromatic nitrogens is 2. The molecule has 90 valence electrons. The minimum atomic E-state index is -4.19. The molecule has 0 saturated carbocycles. The molecule has 0 saturated heterocycles. The molecule has 0 aliphatic carbocycles. The SMILES string of the molecule is O=P(O)(O)Cc1noc(-c2cccc(Cl)c2)n1. The maximum atomic E-state index is 10.8. The molecule has 17 heavy (non-hydrogen) atoms. The predicted octanol–water partition coefficient (Wildman–Crippen LogP) is 2.07. The highest BCUT2D eigenvalue weighted by Crippen LogP contribution is 2.38. The Morgan fingerprint density at radius 1 is 1.41 bits per heavy atom. The molecular weight excluding hydrogens is 267 g/mol. The number of nitrogens with zero attached hydrogens (tertiary/aromatic N) is 2. The number of hydrogen-bond donors (Lipinski definition) is 2. The summed E-state index contributed by atoms with van der Waals surface area (Å²) in [5.41, 5.74) is 0.599. The average molecular weight is 275 g/mol. The molecule has 2 aromatic rings. The van der Waals surface area contributed by atoms with Crippen LogP contribution in [0.15, 0.2) is 28.8 Å². The number of hydrogen-bond acceptors (Lipinski definition) is 4. The van der Waals surface area contributed by atoms with Gasteiger partial charge in [-0.2, -0.15) is 4.98 Å².